The largest absolute Gasteiger partial charge is 0.465 e. The number of carbonyl (C=O) groups excluding carboxylic acids is 1. The zero-order chi connectivity index (χ0) is 33.1. The maximum atomic E-state index is 12.9. The number of carbonyl (C=O) groups is 2. The lowest BCUT2D eigenvalue weighted by Crippen LogP contribution is -2.36. The van der Waals surface area contributed by atoms with E-state index in [9.17, 15) is 14.7 Å². The van der Waals surface area contributed by atoms with Crippen molar-refractivity contribution in [2.45, 2.75) is 71.1 Å². The molecule has 10 heteroatoms. The lowest BCUT2D eigenvalue weighted by molar-refractivity contribution is 0.0218. The van der Waals surface area contributed by atoms with Crippen LogP contribution in [0.2, 0.25) is 0 Å². The van der Waals surface area contributed by atoms with E-state index in [-0.39, 0.29) is 18.2 Å². The number of nitrogens with zero attached hydrogens (tertiary/aromatic N) is 4. The number of ether oxygens (including phenoxy) is 1. The van der Waals surface area contributed by atoms with Crippen molar-refractivity contribution in [2.75, 3.05) is 13.1 Å². The van der Waals surface area contributed by atoms with Gasteiger partial charge in [0.1, 0.15) is 22.9 Å². The zero-order valence-electron chi connectivity index (χ0n) is 27.1. The Morgan fingerprint density at radius 2 is 1.55 bits per heavy atom. The first-order valence-corrected chi connectivity index (χ1v) is 15.9. The first-order valence-electron chi connectivity index (χ1n) is 15.9. The number of nitrogens with one attached hydrogen (secondary N) is 2. The highest BCUT2D eigenvalue weighted by atomic mass is 16.6. The van der Waals surface area contributed by atoms with Crippen LogP contribution in [-0.2, 0) is 4.74 Å². The first-order chi connectivity index (χ1) is 22.6. The summed E-state index contributed by atoms with van der Waals surface area (Å²) in [6.07, 6.45) is 5.42. The smallest absolute Gasteiger partial charge is 0.410 e. The van der Waals surface area contributed by atoms with Gasteiger partial charge < -0.3 is 19.8 Å². The second-order valence-electron chi connectivity index (χ2n) is 12.9. The predicted molar refractivity (Wildman–Crippen MR) is 178 cm³/mol. The van der Waals surface area contributed by atoms with E-state index in [4.69, 9.17) is 9.72 Å². The van der Waals surface area contributed by atoms with Gasteiger partial charge in [-0.3, -0.25) is 9.80 Å². The summed E-state index contributed by atoms with van der Waals surface area (Å²) in [4.78, 5) is 43.3. The molecular weight excluding hydrogens is 592 g/mol. The molecule has 3 N–H and O–H groups in total. The number of benzene rings is 2. The third-order valence-electron chi connectivity index (χ3n) is 8.38. The number of aryl methyl sites for hydroxylation is 1. The van der Waals surface area contributed by atoms with Crippen molar-refractivity contribution in [3.63, 3.8) is 0 Å². The zero-order valence-corrected chi connectivity index (χ0v) is 27.1. The van der Waals surface area contributed by atoms with Crippen LogP contribution in [0.25, 0.3) is 22.4 Å². The first kappa shape index (κ1) is 31.5. The van der Waals surface area contributed by atoms with Crippen LogP contribution in [0.4, 0.5) is 9.59 Å². The highest BCUT2D eigenvalue weighted by Gasteiger charge is 2.35. The van der Waals surface area contributed by atoms with Crippen LogP contribution in [0.1, 0.15) is 87.0 Å². The molecule has 2 aromatic carbocycles. The third-order valence-corrected chi connectivity index (χ3v) is 8.38. The molecule has 4 heterocycles. The highest BCUT2D eigenvalue weighted by molar-refractivity contribution is 5.79. The van der Waals surface area contributed by atoms with Crippen molar-refractivity contribution in [2.24, 2.45) is 0 Å². The van der Waals surface area contributed by atoms with Gasteiger partial charge in [-0.15, -0.1) is 0 Å². The van der Waals surface area contributed by atoms with E-state index in [2.05, 4.69) is 62.9 Å². The fourth-order valence-corrected chi connectivity index (χ4v) is 6.24. The lowest BCUT2D eigenvalue weighted by atomic mass is 9.93. The van der Waals surface area contributed by atoms with E-state index in [0.717, 1.165) is 65.0 Å². The summed E-state index contributed by atoms with van der Waals surface area (Å²) in [5, 5.41) is 9.46. The quantitative estimate of drug-likeness (QED) is 0.207. The average Bonchev–Trinajstić information content (AvgIpc) is 3.85. The molecule has 0 unspecified atom stereocenters. The van der Waals surface area contributed by atoms with Crippen LogP contribution in [0, 0.1) is 30.6 Å². The van der Waals surface area contributed by atoms with E-state index in [1.807, 2.05) is 52.1 Å². The summed E-state index contributed by atoms with van der Waals surface area (Å²) in [5.74, 6) is 13.6. The number of hydrogen-bond donors (Lipinski definition) is 3. The summed E-state index contributed by atoms with van der Waals surface area (Å²) < 4.78 is 5.65. The summed E-state index contributed by atoms with van der Waals surface area (Å²) >= 11 is 0. The van der Waals surface area contributed by atoms with Crippen molar-refractivity contribution >= 4 is 12.2 Å². The molecule has 2 saturated heterocycles. The summed E-state index contributed by atoms with van der Waals surface area (Å²) in [6, 6.07) is 13.8. The van der Waals surface area contributed by atoms with Crippen LogP contribution in [0.15, 0.2) is 54.9 Å². The Kier molecular flexibility index (Phi) is 8.78. The minimum atomic E-state index is -0.940. The Bertz CT molecular complexity index is 1910. The second-order valence-corrected chi connectivity index (χ2v) is 12.9. The Balaban J connectivity index is 1.26. The Morgan fingerprint density at radius 3 is 2.28 bits per heavy atom. The molecule has 0 bridgehead atoms. The number of aromatic amines is 2. The number of carboxylic acid groups (broad SMARTS) is 1. The topological polar surface area (TPSA) is 127 Å². The minimum absolute atomic E-state index is 0.169. The summed E-state index contributed by atoms with van der Waals surface area (Å²) in [7, 11) is 0. The molecular formula is C37H38N6O4. The van der Waals surface area contributed by atoms with Crippen molar-refractivity contribution in [3.05, 3.63) is 83.3 Å². The molecule has 0 radical (unpaired) electrons. The molecule has 2 aliphatic heterocycles. The number of aromatic nitrogens is 4. The van der Waals surface area contributed by atoms with E-state index in [0.29, 0.717) is 24.6 Å². The molecule has 10 nitrogen and oxygen atoms in total. The molecule has 0 saturated carbocycles. The number of H-pyrrole nitrogens is 2. The van der Waals surface area contributed by atoms with E-state index in [1.165, 1.54) is 4.90 Å². The fourth-order valence-electron chi connectivity index (χ4n) is 6.24. The van der Waals surface area contributed by atoms with Crippen molar-refractivity contribution in [1.82, 2.24) is 29.7 Å². The number of imidazole rings is 2. The molecule has 2 fully saturated rings. The van der Waals surface area contributed by atoms with Crippen molar-refractivity contribution in [3.8, 4) is 46.1 Å². The maximum Gasteiger partial charge on any atom is 0.410 e. The predicted octanol–water partition coefficient (Wildman–Crippen LogP) is 7.07. The van der Waals surface area contributed by atoms with Gasteiger partial charge in [0.25, 0.3) is 0 Å². The van der Waals surface area contributed by atoms with Gasteiger partial charge in [-0.2, -0.15) is 0 Å². The van der Waals surface area contributed by atoms with Gasteiger partial charge in [-0.25, -0.2) is 19.6 Å². The highest BCUT2D eigenvalue weighted by Crippen LogP contribution is 2.35. The molecule has 240 valence electrons. The molecule has 47 heavy (non-hydrogen) atoms. The van der Waals surface area contributed by atoms with Crippen LogP contribution < -0.4 is 0 Å². The summed E-state index contributed by atoms with van der Waals surface area (Å²) in [5.41, 5.74) is 5.70. The van der Waals surface area contributed by atoms with E-state index in [1.54, 1.807) is 11.1 Å². The molecule has 2 atom stereocenters. The fraction of sp³-hybridized carbons (Fsp3) is 0.351. The molecule has 4 aromatic rings. The van der Waals surface area contributed by atoms with Gasteiger partial charge in [0.05, 0.1) is 30.2 Å². The number of hydrogen-bond acceptors (Lipinski definition) is 5. The molecule has 2 amide bonds. The van der Waals surface area contributed by atoms with Crippen LogP contribution in [0.3, 0.4) is 0 Å². The molecule has 2 aromatic heterocycles. The van der Waals surface area contributed by atoms with Gasteiger partial charge in [-0.1, -0.05) is 36.3 Å². The van der Waals surface area contributed by atoms with Gasteiger partial charge in [-0.05, 0) is 100.0 Å². The van der Waals surface area contributed by atoms with Crippen molar-refractivity contribution < 1.29 is 19.4 Å². The number of likely N-dealkylation sites (tertiary alicyclic amines) is 2. The van der Waals surface area contributed by atoms with Crippen LogP contribution in [0.5, 0.6) is 0 Å². The maximum absolute atomic E-state index is 12.9. The normalized spacial score (nSPS) is 17.5. The van der Waals surface area contributed by atoms with Gasteiger partial charge >= 0.3 is 12.2 Å². The molecule has 0 spiro atoms. The van der Waals surface area contributed by atoms with Crippen molar-refractivity contribution in [1.29, 1.82) is 0 Å². The third kappa shape index (κ3) is 7.02. The van der Waals surface area contributed by atoms with E-state index >= 15 is 0 Å². The standard InChI is InChI=1S/C37H38N6O4/c1-24-20-26(30-23-39-34(41-30)32-17-11-19-43(32)36(46)47-37(2,3)4)21-29(25-12-6-5-7-13-25)28(24)15-9-8-14-27-22-38-33(40-27)31-16-10-18-42(31)35(44)45/h5-7,12-13,20-23,31-32H,10-11,16-19H2,1-4H3,(H,38,40)(H,39,41)(H,44,45)/t31-,32-/m0/s1. The van der Waals surface area contributed by atoms with Gasteiger partial charge in [0.2, 0.25) is 0 Å². The second kappa shape index (κ2) is 13.1. The van der Waals surface area contributed by atoms with Crippen LogP contribution >= 0.6 is 0 Å². The molecule has 2 aliphatic rings. The summed E-state index contributed by atoms with van der Waals surface area (Å²) in [6.45, 7) is 8.79. The van der Waals surface area contributed by atoms with Gasteiger partial charge in [0.15, 0.2) is 0 Å². The lowest BCUT2D eigenvalue weighted by Gasteiger charge is -2.27. The Morgan fingerprint density at radius 1 is 0.894 bits per heavy atom. The number of rotatable bonds is 4. The Labute approximate surface area is 274 Å². The monoisotopic (exact) mass is 630 g/mol. The Hall–Kier alpha value is -5.48. The average molecular weight is 631 g/mol. The number of amides is 2. The van der Waals surface area contributed by atoms with Gasteiger partial charge in [0, 0.05) is 24.2 Å². The SMILES string of the molecule is Cc1cc(-c2cnc([C@@H]3CCCN3C(=O)OC(C)(C)C)[nH]2)cc(-c2ccccc2)c1C#CC#Cc1cnc([C@@H]2CCCN2C(=O)O)[nH]1. The van der Waals surface area contributed by atoms with Crippen LogP contribution in [-0.4, -0.2) is 65.7 Å². The molecule has 6 rings (SSSR count). The molecule has 0 aliphatic carbocycles. The minimum Gasteiger partial charge on any atom is -0.465 e. The van der Waals surface area contributed by atoms with E-state index < -0.39 is 11.7 Å².